The van der Waals surface area contributed by atoms with Gasteiger partial charge in [0.15, 0.2) is 0 Å². The number of aromatic amines is 1. The van der Waals surface area contributed by atoms with Crippen molar-refractivity contribution >= 4 is 11.4 Å². The van der Waals surface area contributed by atoms with Gasteiger partial charge in [-0.3, -0.25) is 24.7 Å². The fourth-order valence-electron chi connectivity index (χ4n) is 3.16. The molecule has 6 heteroatoms. The molecule has 0 bridgehead atoms. The average molecular weight is 282 g/mol. The van der Waals surface area contributed by atoms with Crippen LogP contribution < -0.4 is 16.6 Å². The number of piperidine rings is 1. The molecule has 2 atom stereocenters. The van der Waals surface area contributed by atoms with Crippen molar-refractivity contribution < 1.29 is 0 Å². The molecule has 21 heavy (non-hydrogen) atoms. The molecular weight excluding hydrogens is 268 g/mol. The number of benzene rings is 1. The number of H-pyrrole nitrogens is 1. The molecule has 0 amide bonds. The highest BCUT2D eigenvalue weighted by atomic mass is 16.2. The zero-order valence-corrected chi connectivity index (χ0v) is 11.2. The van der Waals surface area contributed by atoms with Crippen LogP contribution >= 0.6 is 0 Å². The van der Waals surface area contributed by atoms with E-state index in [0.29, 0.717) is 0 Å². The second-order valence-corrected chi connectivity index (χ2v) is 5.31. The van der Waals surface area contributed by atoms with Crippen molar-refractivity contribution in [3.63, 3.8) is 0 Å². The Hall–Kier alpha value is -2.47. The molecule has 0 saturated carbocycles. The van der Waals surface area contributed by atoms with Gasteiger partial charge < -0.3 is 0 Å². The Morgan fingerprint density at radius 1 is 1.19 bits per heavy atom. The minimum absolute atomic E-state index is 0.242. The standard InChI is InChI=1S/C15H14N4O2/c20-12-6-8-19(15(21)18-12)14-13-10(5-7-16-14)9-3-1-2-4-11(9)17-13/h1-4,6,8,10,14,16H,5,7H2,(H,18,20,21). The minimum atomic E-state index is -0.417. The SMILES string of the molecule is O=c1ccn(C2NCCC3C2=Nc2ccccc23)c(=O)[nH]1. The van der Waals surface area contributed by atoms with Gasteiger partial charge in [0, 0.05) is 18.2 Å². The lowest BCUT2D eigenvalue weighted by molar-refractivity contribution is 0.437. The third-order valence-corrected chi connectivity index (χ3v) is 4.10. The summed E-state index contributed by atoms with van der Waals surface area (Å²) < 4.78 is 1.50. The van der Waals surface area contributed by atoms with E-state index < -0.39 is 5.69 Å². The number of hydrogen-bond acceptors (Lipinski definition) is 4. The first-order valence-electron chi connectivity index (χ1n) is 6.96. The number of hydrogen-bond donors (Lipinski definition) is 2. The molecule has 0 spiro atoms. The van der Waals surface area contributed by atoms with E-state index in [1.807, 2.05) is 18.2 Å². The fourth-order valence-corrected chi connectivity index (χ4v) is 3.16. The van der Waals surface area contributed by atoms with Crippen LogP contribution in [0.5, 0.6) is 0 Å². The number of rotatable bonds is 1. The van der Waals surface area contributed by atoms with Crippen LogP contribution in [0.25, 0.3) is 0 Å². The van der Waals surface area contributed by atoms with Crippen molar-refractivity contribution in [2.45, 2.75) is 18.5 Å². The fraction of sp³-hybridized carbons (Fsp3) is 0.267. The van der Waals surface area contributed by atoms with Crippen molar-refractivity contribution in [2.75, 3.05) is 6.54 Å². The molecule has 1 aromatic heterocycles. The molecule has 2 N–H and O–H groups in total. The van der Waals surface area contributed by atoms with E-state index in [2.05, 4.69) is 16.4 Å². The van der Waals surface area contributed by atoms with Crippen molar-refractivity contribution in [3.8, 4) is 0 Å². The van der Waals surface area contributed by atoms with Gasteiger partial charge in [0.05, 0.1) is 11.4 Å². The number of aromatic nitrogens is 2. The van der Waals surface area contributed by atoms with Crippen LogP contribution in [0.15, 0.2) is 51.1 Å². The van der Waals surface area contributed by atoms with Gasteiger partial charge in [-0.2, -0.15) is 0 Å². The Balaban J connectivity index is 1.82. The van der Waals surface area contributed by atoms with Crippen molar-refractivity contribution in [3.05, 3.63) is 62.9 Å². The summed E-state index contributed by atoms with van der Waals surface area (Å²) in [5.74, 6) is 0.242. The molecule has 0 radical (unpaired) electrons. The molecule has 1 aromatic carbocycles. The van der Waals surface area contributed by atoms with E-state index >= 15 is 0 Å². The van der Waals surface area contributed by atoms with Crippen molar-refractivity contribution in [2.24, 2.45) is 4.99 Å². The van der Waals surface area contributed by atoms with E-state index in [1.54, 1.807) is 0 Å². The maximum atomic E-state index is 12.0. The van der Waals surface area contributed by atoms with E-state index in [-0.39, 0.29) is 17.6 Å². The van der Waals surface area contributed by atoms with Gasteiger partial charge in [0.25, 0.3) is 5.56 Å². The molecule has 2 aliphatic heterocycles. The summed E-state index contributed by atoms with van der Waals surface area (Å²) >= 11 is 0. The normalized spacial score (nSPS) is 23.3. The summed E-state index contributed by atoms with van der Waals surface area (Å²) in [6.45, 7) is 0.800. The van der Waals surface area contributed by atoms with Crippen LogP contribution in [0, 0.1) is 0 Å². The molecule has 2 unspecified atom stereocenters. The highest BCUT2D eigenvalue weighted by molar-refractivity contribution is 6.01. The van der Waals surface area contributed by atoms with E-state index in [0.717, 1.165) is 24.4 Å². The Morgan fingerprint density at radius 3 is 2.90 bits per heavy atom. The number of nitrogens with zero attached hydrogens (tertiary/aromatic N) is 2. The van der Waals surface area contributed by atoms with E-state index in [4.69, 9.17) is 4.99 Å². The van der Waals surface area contributed by atoms with Gasteiger partial charge in [0.2, 0.25) is 0 Å². The quantitative estimate of drug-likeness (QED) is 0.815. The van der Waals surface area contributed by atoms with Crippen molar-refractivity contribution in [1.82, 2.24) is 14.9 Å². The van der Waals surface area contributed by atoms with Gasteiger partial charge in [-0.25, -0.2) is 4.79 Å². The summed E-state index contributed by atoms with van der Waals surface area (Å²) in [4.78, 5) is 30.2. The van der Waals surface area contributed by atoms with Gasteiger partial charge in [-0.15, -0.1) is 0 Å². The average Bonchev–Trinajstić information content (AvgIpc) is 2.86. The van der Waals surface area contributed by atoms with Crippen LogP contribution in [0.4, 0.5) is 5.69 Å². The highest BCUT2D eigenvalue weighted by Gasteiger charge is 2.36. The Bertz CT molecular complexity index is 849. The maximum absolute atomic E-state index is 12.0. The molecule has 4 rings (SSSR count). The van der Waals surface area contributed by atoms with Gasteiger partial charge in [0.1, 0.15) is 6.17 Å². The summed E-state index contributed by atoms with van der Waals surface area (Å²) in [7, 11) is 0. The Labute approximate surface area is 120 Å². The molecule has 0 aliphatic carbocycles. The first kappa shape index (κ1) is 12.3. The summed E-state index contributed by atoms with van der Waals surface area (Å²) in [6.07, 6.45) is 2.18. The first-order chi connectivity index (χ1) is 10.2. The second-order valence-electron chi connectivity index (χ2n) is 5.31. The predicted octanol–water partition coefficient (Wildman–Crippen LogP) is 0.898. The molecule has 6 nitrogen and oxygen atoms in total. The smallest absolute Gasteiger partial charge is 0.292 e. The van der Waals surface area contributed by atoms with Crippen molar-refractivity contribution in [1.29, 1.82) is 0 Å². The maximum Gasteiger partial charge on any atom is 0.329 e. The number of fused-ring (bicyclic) bond motifs is 3. The van der Waals surface area contributed by atoms with Crippen LogP contribution in [0.3, 0.4) is 0 Å². The number of aliphatic imine (C=N–C) groups is 1. The highest BCUT2D eigenvalue weighted by Crippen LogP contribution is 2.41. The number of para-hydroxylation sites is 1. The van der Waals surface area contributed by atoms with Crippen LogP contribution in [0.2, 0.25) is 0 Å². The lowest BCUT2D eigenvalue weighted by Crippen LogP contribution is -2.46. The van der Waals surface area contributed by atoms with Crippen LogP contribution in [-0.4, -0.2) is 21.8 Å². The molecule has 2 aliphatic rings. The Morgan fingerprint density at radius 2 is 2.05 bits per heavy atom. The molecule has 106 valence electrons. The van der Waals surface area contributed by atoms with Crippen LogP contribution in [0.1, 0.15) is 24.1 Å². The second kappa shape index (κ2) is 4.53. The van der Waals surface area contributed by atoms with E-state index in [1.165, 1.54) is 22.4 Å². The Kier molecular flexibility index (Phi) is 2.65. The number of nitrogens with one attached hydrogen (secondary N) is 2. The zero-order valence-electron chi connectivity index (χ0n) is 11.2. The lowest BCUT2D eigenvalue weighted by Gasteiger charge is -2.30. The lowest BCUT2D eigenvalue weighted by atomic mass is 9.88. The molecular formula is C15H14N4O2. The third-order valence-electron chi connectivity index (χ3n) is 4.10. The van der Waals surface area contributed by atoms with Gasteiger partial charge in [-0.1, -0.05) is 18.2 Å². The molecule has 3 heterocycles. The third kappa shape index (κ3) is 1.87. The minimum Gasteiger partial charge on any atom is -0.292 e. The largest absolute Gasteiger partial charge is 0.329 e. The zero-order chi connectivity index (χ0) is 14.4. The summed E-state index contributed by atoms with van der Waals surface area (Å²) in [6, 6.07) is 9.42. The molecule has 2 aromatic rings. The first-order valence-corrected chi connectivity index (χ1v) is 6.96. The molecule has 1 saturated heterocycles. The monoisotopic (exact) mass is 282 g/mol. The van der Waals surface area contributed by atoms with E-state index in [9.17, 15) is 9.59 Å². The summed E-state index contributed by atoms with van der Waals surface area (Å²) in [5.41, 5.74) is 2.33. The van der Waals surface area contributed by atoms with Crippen LogP contribution in [-0.2, 0) is 0 Å². The predicted molar refractivity (Wildman–Crippen MR) is 79.3 cm³/mol. The van der Waals surface area contributed by atoms with Gasteiger partial charge in [-0.05, 0) is 24.6 Å². The topological polar surface area (TPSA) is 79.2 Å². The summed E-state index contributed by atoms with van der Waals surface area (Å²) in [5, 5.41) is 3.31. The van der Waals surface area contributed by atoms with Gasteiger partial charge >= 0.3 is 5.69 Å². The molecule has 1 fully saturated rings.